The van der Waals surface area contributed by atoms with Crippen molar-refractivity contribution in [1.29, 1.82) is 0 Å². The van der Waals surface area contributed by atoms with Crippen molar-refractivity contribution in [2.45, 2.75) is 18.8 Å². The van der Waals surface area contributed by atoms with E-state index in [1.807, 2.05) is 0 Å². The molecule has 1 saturated heterocycles. The third-order valence-corrected chi connectivity index (χ3v) is 2.59. The molecule has 1 aliphatic heterocycles. The first kappa shape index (κ1) is 4.26. The van der Waals surface area contributed by atoms with Crippen LogP contribution in [0.25, 0.3) is 10.9 Å². The van der Waals surface area contributed by atoms with Crippen LogP contribution in [-0.2, 0) is 17.5 Å². The van der Waals surface area contributed by atoms with E-state index in [1.165, 1.54) is 0 Å². The van der Waals surface area contributed by atoms with E-state index in [-0.39, 0.29) is 10.2 Å². The topological polar surface area (TPSA) is 57.4 Å². The third-order valence-electron chi connectivity index (χ3n) is 2.59. The fourth-order valence-corrected chi connectivity index (χ4v) is 1.72. The highest BCUT2D eigenvalue weighted by Gasteiger charge is 2.22. The van der Waals surface area contributed by atoms with Crippen molar-refractivity contribution in [3.05, 3.63) is 35.5 Å². The molecule has 1 atom stereocenters. The molecule has 1 aromatic carbocycles. The van der Waals surface area contributed by atoms with Crippen LogP contribution in [0.4, 0.5) is 4.79 Å². The Morgan fingerprint density at radius 1 is 1.67 bits per heavy atom. The van der Waals surface area contributed by atoms with Gasteiger partial charge in [-0.25, -0.2) is 4.79 Å². The highest BCUT2D eigenvalue weighted by Crippen LogP contribution is 2.21. The Morgan fingerprint density at radius 2 is 2.57 bits per heavy atom. The molecule has 0 unspecified atom stereocenters. The van der Waals surface area contributed by atoms with E-state index in [0.29, 0.717) is 4.98 Å². The summed E-state index contributed by atoms with van der Waals surface area (Å²) in [7, 11) is 0. The minimum Gasteiger partial charge on any atom is -0.447 e. The number of fused-ring (bicyclic) bond motifs is 1. The number of hydrogen-bond donors (Lipinski definition) is 2. The van der Waals surface area contributed by atoms with Crippen LogP contribution in [0.1, 0.15) is 31.7 Å². The number of H-pyrrole nitrogens is 1. The van der Waals surface area contributed by atoms with Gasteiger partial charge in [0.2, 0.25) is 0 Å². The van der Waals surface area contributed by atoms with E-state index in [2.05, 4.69) is 4.74 Å². The molecule has 5 nitrogen and oxygen atoms in total. The first-order chi connectivity index (χ1) is 16.9. The second kappa shape index (κ2) is 5.77. The molecular formula is C16H21N3O2. The van der Waals surface area contributed by atoms with Gasteiger partial charge in [0.15, 0.2) is 2.82 Å². The lowest BCUT2D eigenvalue weighted by Crippen LogP contribution is -2.28. The Labute approximate surface area is 148 Å². The number of carbonyl (C=O) groups excluding carboxylic acids is 1. The zero-order chi connectivity index (χ0) is 29.5. The van der Waals surface area contributed by atoms with Crippen molar-refractivity contribution in [2.75, 3.05) is 27.1 Å². The number of amides is 1. The summed E-state index contributed by atoms with van der Waals surface area (Å²) in [5, 5.41) is -0.796. The van der Waals surface area contributed by atoms with Crippen LogP contribution >= 0.6 is 0 Å². The van der Waals surface area contributed by atoms with E-state index in [4.69, 9.17) is 23.4 Å². The van der Waals surface area contributed by atoms with Crippen molar-refractivity contribution in [3.63, 3.8) is 0 Å². The average Bonchev–Trinajstić information content (AvgIpc) is 3.16. The molecule has 1 aliphatic rings. The molecule has 1 amide bonds. The largest absolute Gasteiger partial charge is 0.447 e. The molecule has 21 heavy (non-hydrogen) atoms. The van der Waals surface area contributed by atoms with Crippen LogP contribution in [-0.4, -0.2) is 49.1 Å². The molecule has 0 radical (unpaired) electrons. The number of alkyl carbamates (subject to hydrolysis) is 1. The lowest BCUT2D eigenvalue weighted by atomic mass is 10.0. The Balaban J connectivity index is 2.33. The second-order valence-electron chi connectivity index (χ2n) is 4.07. The van der Waals surface area contributed by atoms with Gasteiger partial charge in [-0.15, -0.1) is 0 Å². The molecule has 0 spiro atoms. The summed E-state index contributed by atoms with van der Waals surface area (Å²) in [5.74, 6) is 0. The maximum absolute atomic E-state index is 11.8. The number of ether oxygens (including phenoxy) is 1. The van der Waals surface area contributed by atoms with Crippen molar-refractivity contribution in [1.82, 2.24) is 15.2 Å². The van der Waals surface area contributed by atoms with Gasteiger partial charge in [0.05, 0.1) is 12.9 Å². The number of likely N-dealkylation sites (N-methyl/N-ethyl adjacent to an activating group) is 1. The standard InChI is InChI=1S/C16H21N3O2/c1-19(2)6-5-12-9-17-15-4-3-11(8-14(12)15)7-13-10-21-16(20)18-13/h3-4,8-9,13,17H,5-7,10H2,1-2H3,(H,18,20)/t13-/m0/s1/i1D3,2D3,3D,4D,5D2,7D2,8D,10D2/hD2. The molecule has 1 aromatic heterocycles. The van der Waals surface area contributed by atoms with Gasteiger partial charge in [-0.2, -0.15) is 0 Å². The summed E-state index contributed by atoms with van der Waals surface area (Å²) in [5.41, 5.74) is -2.25. The third kappa shape index (κ3) is 3.19. The minimum atomic E-state index is -3.29. The number of rotatable bonds is 5. The normalized spacial score (nSPS) is 35.5. The zero-order valence-corrected chi connectivity index (χ0v) is 10.5. The van der Waals surface area contributed by atoms with Crippen LogP contribution < -0.4 is 5.31 Å². The number of nitrogens with one attached hydrogen (secondary N) is 2. The highest BCUT2D eigenvalue weighted by atomic mass is 16.6. The lowest BCUT2D eigenvalue weighted by Gasteiger charge is -2.09. The van der Waals surface area contributed by atoms with E-state index in [0.717, 1.165) is 6.20 Å². The first-order valence-electron chi connectivity index (χ1n) is 14.2. The maximum Gasteiger partial charge on any atom is 0.407 e. The molecule has 2 heterocycles. The number of aromatic nitrogens is 1. The zero-order valence-electron chi connectivity index (χ0n) is 27.5. The molecule has 3 rings (SSSR count). The molecular weight excluding hydrogens is 266 g/mol. The number of cyclic esters (lactones) is 1. The lowest BCUT2D eigenvalue weighted by molar-refractivity contribution is 0.177. The number of nitrogens with zero attached hydrogens (tertiary/aromatic N) is 1. The fraction of sp³-hybridized carbons (Fsp3) is 0.438. The Morgan fingerprint density at radius 3 is 3.33 bits per heavy atom. The second-order valence-corrected chi connectivity index (χ2v) is 4.07. The molecule has 5 heteroatoms. The number of carbonyl (C=O) groups is 1. The van der Waals surface area contributed by atoms with Crippen LogP contribution in [0, 0.1) is 0 Å². The van der Waals surface area contributed by atoms with E-state index in [9.17, 15) is 4.79 Å². The smallest absolute Gasteiger partial charge is 0.407 e. The molecule has 2 N–H and O–H groups in total. The molecule has 0 bridgehead atoms. The molecule has 2 aromatic rings. The fourth-order valence-electron chi connectivity index (χ4n) is 1.72. The van der Waals surface area contributed by atoms with Crippen LogP contribution in [0.2, 0.25) is 2.82 Å². The van der Waals surface area contributed by atoms with E-state index >= 15 is 0 Å². The Bertz CT molecular complexity index is 1270. The Hall–Kier alpha value is -2.01. The van der Waals surface area contributed by atoms with Crippen LogP contribution in [0.3, 0.4) is 0 Å². The highest BCUT2D eigenvalue weighted by molar-refractivity contribution is 5.84. The van der Waals surface area contributed by atoms with Gasteiger partial charge < -0.3 is 19.9 Å². The van der Waals surface area contributed by atoms with Crippen molar-refractivity contribution in [2.24, 2.45) is 0 Å². The van der Waals surface area contributed by atoms with Gasteiger partial charge in [0, 0.05) is 37.4 Å². The van der Waals surface area contributed by atoms with Crippen molar-refractivity contribution >= 4 is 17.0 Å². The van der Waals surface area contributed by atoms with E-state index in [1.54, 1.807) is 0 Å². The molecule has 0 aliphatic carbocycles. The summed E-state index contributed by atoms with van der Waals surface area (Å²) in [6.45, 7) is -11.0. The molecule has 112 valence electrons. The maximum atomic E-state index is 11.8. The van der Waals surface area contributed by atoms with Gasteiger partial charge in [0.25, 0.3) is 0 Å². The van der Waals surface area contributed by atoms with Gasteiger partial charge in [-0.05, 0) is 49.9 Å². The predicted molar refractivity (Wildman–Crippen MR) is 82.5 cm³/mol. The van der Waals surface area contributed by atoms with Crippen molar-refractivity contribution in [3.8, 4) is 0 Å². The number of aromatic amines is 1. The summed E-state index contributed by atoms with van der Waals surface area (Å²) >= 11 is 0. The van der Waals surface area contributed by atoms with Crippen molar-refractivity contribution < 1.29 is 32.9 Å². The molecule has 1 fully saturated rings. The van der Waals surface area contributed by atoms with Gasteiger partial charge in [0.1, 0.15) is 6.56 Å². The number of hydrogen-bond acceptors (Lipinski definition) is 3. The Kier molecular flexibility index (Phi) is 1.17. The average molecular weight is 304 g/mol. The summed E-state index contributed by atoms with van der Waals surface area (Å²) in [6, 6.07) is -5.28. The quantitative estimate of drug-likeness (QED) is 0.887. The SMILES string of the molecule is [2H]c1c(C([2H])([2H])[C@@H]2N([2H])C(=O)OC2([2H])[2H])c([2H])c2c(C([2H])([2H])CN(C([2H])([2H])[2H])C([2H])([2H])[2H])cn([2H])c2c1[2H]. The molecule has 0 saturated carbocycles. The van der Waals surface area contributed by atoms with Crippen LogP contribution in [0.5, 0.6) is 0 Å². The summed E-state index contributed by atoms with van der Waals surface area (Å²) < 4.78 is 140. The van der Waals surface area contributed by atoms with E-state index < -0.39 is 92.1 Å². The predicted octanol–water partition coefficient (Wildman–Crippen LogP) is 1.92. The number of benzene rings is 1. The summed E-state index contributed by atoms with van der Waals surface area (Å²) in [6.07, 6.45) is -6.99. The minimum absolute atomic E-state index is 0.0919. The monoisotopic (exact) mass is 304 g/mol. The van der Waals surface area contributed by atoms with Gasteiger partial charge >= 0.3 is 6.09 Å². The van der Waals surface area contributed by atoms with Gasteiger partial charge in [-0.3, -0.25) is 0 Å². The first-order valence-corrected chi connectivity index (χ1v) is 5.81. The summed E-state index contributed by atoms with van der Waals surface area (Å²) in [4.78, 5) is 12.1. The van der Waals surface area contributed by atoms with Gasteiger partial charge in [-0.1, -0.05) is 6.04 Å². The van der Waals surface area contributed by atoms with Crippen LogP contribution in [0.15, 0.2) is 24.3 Å².